The fourth-order valence-corrected chi connectivity index (χ4v) is 2.99. The molecule has 0 saturated heterocycles. The van der Waals surface area contributed by atoms with Crippen molar-refractivity contribution in [2.45, 2.75) is 19.0 Å². The second kappa shape index (κ2) is 8.34. The lowest BCUT2D eigenvalue weighted by molar-refractivity contribution is -0.116. The Bertz CT molecular complexity index is 909. The smallest absolute Gasteiger partial charge is 0.375 e. The zero-order chi connectivity index (χ0) is 21.0. The van der Waals surface area contributed by atoms with Crippen molar-refractivity contribution in [1.29, 1.82) is 0 Å². The zero-order valence-electron chi connectivity index (χ0n) is 15.3. The van der Waals surface area contributed by atoms with E-state index in [0.717, 1.165) is 4.90 Å². The van der Waals surface area contributed by atoms with Crippen molar-refractivity contribution < 1.29 is 27.6 Å². The summed E-state index contributed by atoms with van der Waals surface area (Å²) in [6.45, 7) is -1.15. The van der Waals surface area contributed by atoms with Crippen molar-refractivity contribution in [3.63, 3.8) is 0 Å². The highest BCUT2D eigenvalue weighted by atomic mass is 19.4. The van der Waals surface area contributed by atoms with Gasteiger partial charge < -0.3 is 10.6 Å². The highest BCUT2D eigenvalue weighted by molar-refractivity contribution is 6.21. The van der Waals surface area contributed by atoms with Crippen LogP contribution in [-0.2, 0) is 4.79 Å². The Hall–Kier alpha value is -3.36. The monoisotopic (exact) mass is 405 g/mol. The second-order valence-electron chi connectivity index (χ2n) is 6.47. The minimum absolute atomic E-state index is 0.00100. The number of carbonyl (C=O) groups excluding carboxylic acids is 3. The highest BCUT2D eigenvalue weighted by Gasteiger charge is 2.34. The molecule has 0 atom stereocenters. The van der Waals surface area contributed by atoms with Crippen LogP contribution in [0, 0.1) is 0 Å². The van der Waals surface area contributed by atoms with Gasteiger partial charge in [0.2, 0.25) is 5.91 Å². The Morgan fingerprint density at radius 1 is 0.897 bits per heavy atom. The summed E-state index contributed by atoms with van der Waals surface area (Å²) in [4.78, 5) is 37.8. The molecule has 0 radical (unpaired) electrons. The molecule has 0 aliphatic carbocycles. The molecule has 152 valence electrons. The minimum Gasteiger partial charge on any atom is -0.375 e. The molecule has 9 heteroatoms. The molecule has 1 aliphatic heterocycles. The SMILES string of the molecule is O=C(CCCN1C(=O)c2ccccc2C1=O)Nc1ccccc1NCC(F)(F)F. The topological polar surface area (TPSA) is 78.5 Å². The van der Waals surface area contributed by atoms with Gasteiger partial charge in [0.1, 0.15) is 6.54 Å². The summed E-state index contributed by atoms with van der Waals surface area (Å²) < 4.78 is 37.2. The predicted molar refractivity (Wildman–Crippen MR) is 101 cm³/mol. The van der Waals surface area contributed by atoms with E-state index < -0.39 is 30.4 Å². The number of anilines is 2. The van der Waals surface area contributed by atoms with Crippen LogP contribution >= 0.6 is 0 Å². The molecule has 29 heavy (non-hydrogen) atoms. The van der Waals surface area contributed by atoms with Crippen molar-refractivity contribution in [2.24, 2.45) is 0 Å². The minimum atomic E-state index is -4.39. The third-order valence-corrected chi connectivity index (χ3v) is 4.34. The summed E-state index contributed by atoms with van der Waals surface area (Å²) in [5.74, 6) is -1.22. The number of nitrogens with zero attached hydrogens (tertiary/aromatic N) is 1. The van der Waals surface area contributed by atoms with Gasteiger partial charge in [0.05, 0.1) is 22.5 Å². The Labute approximate surface area is 164 Å². The first kappa shape index (κ1) is 20.4. The van der Waals surface area contributed by atoms with Gasteiger partial charge in [-0.1, -0.05) is 24.3 Å². The van der Waals surface area contributed by atoms with Crippen molar-refractivity contribution in [3.8, 4) is 0 Å². The molecule has 0 saturated carbocycles. The number of alkyl halides is 3. The van der Waals surface area contributed by atoms with E-state index in [1.54, 1.807) is 36.4 Å². The quantitative estimate of drug-likeness (QED) is 0.689. The van der Waals surface area contributed by atoms with Gasteiger partial charge in [0.25, 0.3) is 11.8 Å². The molecule has 1 aliphatic rings. The second-order valence-corrected chi connectivity index (χ2v) is 6.47. The Morgan fingerprint density at radius 3 is 2.03 bits per heavy atom. The van der Waals surface area contributed by atoms with Gasteiger partial charge in [0, 0.05) is 13.0 Å². The molecule has 3 amide bonds. The van der Waals surface area contributed by atoms with E-state index in [2.05, 4.69) is 10.6 Å². The van der Waals surface area contributed by atoms with Crippen LogP contribution in [0.2, 0.25) is 0 Å². The molecular formula is C20H18F3N3O3. The fourth-order valence-electron chi connectivity index (χ4n) is 2.99. The molecule has 3 rings (SSSR count). The van der Waals surface area contributed by atoms with Crippen LogP contribution in [0.15, 0.2) is 48.5 Å². The molecule has 0 aromatic heterocycles. The number of rotatable bonds is 7. The molecule has 2 N–H and O–H groups in total. The van der Waals surface area contributed by atoms with Gasteiger partial charge in [-0.3, -0.25) is 19.3 Å². The summed E-state index contributed by atoms with van der Waals surface area (Å²) in [6, 6.07) is 12.6. The highest BCUT2D eigenvalue weighted by Crippen LogP contribution is 2.25. The number of hydrogen-bond donors (Lipinski definition) is 2. The number of nitrogens with one attached hydrogen (secondary N) is 2. The van der Waals surface area contributed by atoms with Crippen LogP contribution in [-0.4, -0.2) is 41.9 Å². The van der Waals surface area contributed by atoms with Crippen molar-refractivity contribution in [3.05, 3.63) is 59.7 Å². The third kappa shape index (κ3) is 4.92. The van der Waals surface area contributed by atoms with Gasteiger partial charge in [-0.25, -0.2) is 0 Å². The van der Waals surface area contributed by atoms with Crippen LogP contribution in [0.4, 0.5) is 24.5 Å². The van der Waals surface area contributed by atoms with Gasteiger partial charge >= 0.3 is 6.18 Å². The molecule has 0 fully saturated rings. The average molecular weight is 405 g/mol. The summed E-state index contributed by atoms with van der Waals surface area (Å²) in [5.41, 5.74) is 1.05. The molecule has 2 aromatic carbocycles. The van der Waals surface area contributed by atoms with Crippen LogP contribution in [0.1, 0.15) is 33.6 Å². The maximum atomic E-state index is 12.4. The summed E-state index contributed by atoms with van der Waals surface area (Å²) in [5, 5.41) is 4.80. The average Bonchev–Trinajstić information content (AvgIpc) is 2.92. The Balaban J connectivity index is 1.53. The predicted octanol–water partition coefficient (Wildman–Crippen LogP) is 3.68. The number of halogens is 3. The van der Waals surface area contributed by atoms with Crippen LogP contribution in [0.25, 0.3) is 0 Å². The first-order valence-corrected chi connectivity index (χ1v) is 8.91. The first-order chi connectivity index (χ1) is 13.8. The van der Waals surface area contributed by atoms with E-state index in [9.17, 15) is 27.6 Å². The maximum Gasteiger partial charge on any atom is 0.405 e. The largest absolute Gasteiger partial charge is 0.405 e. The van der Waals surface area contributed by atoms with E-state index in [4.69, 9.17) is 0 Å². The number of carbonyl (C=O) groups is 3. The molecular weight excluding hydrogens is 387 g/mol. The molecule has 1 heterocycles. The molecule has 0 unspecified atom stereocenters. The van der Waals surface area contributed by atoms with E-state index in [1.807, 2.05) is 0 Å². The Kier molecular flexibility index (Phi) is 5.86. The number of imide groups is 1. The molecule has 2 aromatic rings. The van der Waals surface area contributed by atoms with Crippen molar-refractivity contribution >= 4 is 29.1 Å². The molecule has 0 spiro atoms. The van der Waals surface area contributed by atoms with E-state index in [-0.39, 0.29) is 30.8 Å². The lowest BCUT2D eigenvalue weighted by atomic mass is 10.1. The molecule has 6 nitrogen and oxygen atoms in total. The van der Waals surface area contributed by atoms with E-state index in [0.29, 0.717) is 11.1 Å². The summed E-state index contributed by atoms with van der Waals surface area (Å²) >= 11 is 0. The normalized spacial score (nSPS) is 13.4. The lowest BCUT2D eigenvalue weighted by Gasteiger charge is -2.15. The Morgan fingerprint density at radius 2 is 1.45 bits per heavy atom. The zero-order valence-corrected chi connectivity index (χ0v) is 15.3. The number of para-hydroxylation sites is 2. The summed E-state index contributed by atoms with van der Waals surface area (Å²) in [6.07, 6.45) is -4.15. The van der Waals surface area contributed by atoms with E-state index >= 15 is 0 Å². The van der Waals surface area contributed by atoms with Crippen LogP contribution in [0.3, 0.4) is 0 Å². The first-order valence-electron chi connectivity index (χ1n) is 8.91. The number of amides is 3. The van der Waals surface area contributed by atoms with Gasteiger partial charge in [-0.15, -0.1) is 0 Å². The number of fused-ring (bicyclic) bond motifs is 1. The standard InChI is InChI=1S/C20H18F3N3O3/c21-20(22,23)12-24-15-8-3-4-9-16(15)25-17(27)10-5-11-26-18(28)13-6-1-2-7-14(13)19(26)29/h1-4,6-9,24H,5,10-12H2,(H,25,27). The number of hydrogen-bond acceptors (Lipinski definition) is 4. The van der Waals surface area contributed by atoms with Crippen LogP contribution in [0.5, 0.6) is 0 Å². The number of benzene rings is 2. The lowest BCUT2D eigenvalue weighted by Crippen LogP contribution is -2.31. The van der Waals surface area contributed by atoms with Gasteiger partial charge in [0.15, 0.2) is 0 Å². The van der Waals surface area contributed by atoms with Crippen molar-refractivity contribution in [2.75, 3.05) is 23.7 Å². The van der Waals surface area contributed by atoms with E-state index in [1.165, 1.54) is 12.1 Å². The molecule has 0 bridgehead atoms. The summed E-state index contributed by atoms with van der Waals surface area (Å²) in [7, 11) is 0. The van der Waals surface area contributed by atoms with Crippen molar-refractivity contribution in [1.82, 2.24) is 4.90 Å². The third-order valence-electron chi connectivity index (χ3n) is 4.34. The van der Waals surface area contributed by atoms with Gasteiger partial charge in [-0.2, -0.15) is 13.2 Å². The van der Waals surface area contributed by atoms with Gasteiger partial charge in [-0.05, 0) is 30.7 Å². The fraction of sp³-hybridized carbons (Fsp3) is 0.250. The van der Waals surface area contributed by atoms with Crippen LogP contribution < -0.4 is 10.6 Å². The maximum absolute atomic E-state index is 12.4.